The lowest BCUT2D eigenvalue weighted by atomic mass is 9.69. The van der Waals surface area contributed by atoms with Crippen LogP contribution in [0.1, 0.15) is 78.7 Å². The monoisotopic (exact) mass is 444 g/mol. The molecule has 0 amide bonds. The number of Topliss-reactive ketones (excluding diaryl/α,β-unsaturated/α-hetero) is 1. The molecule has 0 heterocycles. The second-order valence-electron chi connectivity index (χ2n) is 8.95. The summed E-state index contributed by atoms with van der Waals surface area (Å²) in [5.41, 5.74) is 9.78. The Morgan fingerprint density at radius 2 is 0.912 bits per heavy atom. The van der Waals surface area contributed by atoms with Crippen LogP contribution in [0.25, 0.3) is 11.1 Å². The molecule has 1 atom stereocenters. The standard InChI is InChI=1S/C29H20O.2C2H6/c30-27-17-28(22-12-4-3-11-21(22)27)18-29(26-16-8-7-15-25(26)28)23-13-5-1-9-19(23)20-10-2-6-14-24(20)29;2*1-2/h1-16H,17-18H2;2*1-2H3. The van der Waals surface area contributed by atoms with E-state index in [1.165, 1.54) is 38.9 Å². The maximum absolute atomic E-state index is 13.1. The number of carbonyl (C=O) groups excluding carboxylic acids is 1. The molecule has 170 valence electrons. The molecule has 0 aliphatic heterocycles. The summed E-state index contributed by atoms with van der Waals surface area (Å²) in [6, 6.07) is 34.8. The van der Waals surface area contributed by atoms with E-state index in [0.29, 0.717) is 6.42 Å². The summed E-state index contributed by atoms with van der Waals surface area (Å²) in [6.07, 6.45) is 1.48. The summed E-state index contributed by atoms with van der Waals surface area (Å²) in [4.78, 5) is 13.1. The lowest BCUT2D eigenvalue weighted by Gasteiger charge is -2.32. The Bertz CT molecular complexity index is 1330. The van der Waals surface area contributed by atoms with Crippen LogP contribution in [0.2, 0.25) is 0 Å². The quantitative estimate of drug-likeness (QED) is 0.266. The van der Waals surface area contributed by atoms with Gasteiger partial charge < -0.3 is 0 Å². The first-order valence-corrected chi connectivity index (χ1v) is 12.7. The molecule has 0 saturated heterocycles. The summed E-state index contributed by atoms with van der Waals surface area (Å²) in [6.45, 7) is 8.00. The van der Waals surface area contributed by atoms with Gasteiger partial charge in [0.2, 0.25) is 0 Å². The number of ketones is 1. The van der Waals surface area contributed by atoms with Crippen LogP contribution in [-0.4, -0.2) is 5.78 Å². The summed E-state index contributed by atoms with van der Waals surface area (Å²) in [7, 11) is 0. The highest BCUT2D eigenvalue weighted by molar-refractivity contribution is 6.03. The number of hydrogen-bond donors (Lipinski definition) is 0. The number of benzene rings is 4. The summed E-state index contributed by atoms with van der Waals surface area (Å²) in [5, 5.41) is 0. The van der Waals surface area contributed by atoms with Gasteiger partial charge in [-0.15, -0.1) is 0 Å². The molecule has 0 fully saturated rings. The number of carbonyl (C=O) groups is 1. The van der Waals surface area contributed by atoms with Crippen LogP contribution < -0.4 is 0 Å². The van der Waals surface area contributed by atoms with Crippen molar-refractivity contribution in [1.29, 1.82) is 0 Å². The van der Waals surface area contributed by atoms with Crippen LogP contribution >= 0.6 is 0 Å². The molecule has 1 nitrogen and oxygen atoms in total. The van der Waals surface area contributed by atoms with E-state index in [1.54, 1.807) is 0 Å². The molecular formula is C33H32O. The van der Waals surface area contributed by atoms with E-state index in [-0.39, 0.29) is 16.6 Å². The topological polar surface area (TPSA) is 17.1 Å². The van der Waals surface area contributed by atoms with Gasteiger partial charge in [0, 0.05) is 22.8 Å². The summed E-state index contributed by atoms with van der Waals surface area (Å²) < 4.78 is 0. The molecule has 1 unspecified atom stereocenters. The van der Waals surface area contributed by atoms with Gasteiger partial charge in [-0.25, -0.2) is 0 Å². The zero-order valence-electron chi connectivity index (χ0n) is 20.6. The van der Waals surface area contributed by atoms with Gasteiger partial charge in [0.1, 0.15) is 0 Å². The van der Waals surface area contributed by atoms with E-state index in [4.69, 9.17) is 0 Å². The van der Waals surface area contributed by atoms with Gasteiger partial charge in [-0.05, 0) is 45.4 Å². The second-order valence-corrected chi connectivity index (χ2v) is 8.95. The van der Waals surface area contributed by atoms with Crippen molar-refractivity contribution in [3.05, 3.63) is 130 Å². The molecule has 3 aliphatic rings. The third-order valence-electron chi connectivity index (χ3n) is 7.74. The Hall–Kier alpha value is -3.45. The van der Waals surface area contributed by atoms with Crippen molar-refractivity contribution in [2.45, 2.75) is 51.4 Å². The Kier molecular flexibility index (Phi) is 5.52. The molecular weight excluding hydrogens is 412 g/mol. The lowest BCUT2D eigenvalue weighted by Crippen LogP contribution is -2.29. The van der Waals surface area contributed by atoms with Gasteiger partial charge in [-0.1, -0.05) is 125 Å². The van der Waals surface area contributed by atoms with Crippen LogP contribution in [0.5, 0.6) is 0 Å². The fourth-order valence-electron chi connectivity index (χ4n) is 6.73. The maximum Gasteiger partial charge on any atom is 0.164 e. The van der Waals surface area contributed by atoms with Gasteiger partial charge in [0.05, 0.1) is 0 Å². The van der Waals surface area contributed by atoms with Crippen molar-refractivity contribution in [2.24, 2.45) is 0 Å². The van der Waals surface area contributed by atoms with Crippen LogP contribution in [0.15, 0.2) is 97.1 Å². The summed E-state index contributed by atoms with van der Waals surface area (Å²) in [5.74, 6) is 0.275. The first kappa shape index (κ1) is 22.3. The molecule has 34 heavy (non-hydrogen) atoms. The van der Waals surface area contributed by atoms with E-state index >= 15 is 0 Å². The van der Waals surface area contributed by atoms with Gasteiger partial charge in [-0.3, -0.25) is 4.79 Å². The minimum atomic E-state index is -0.255. The van der Waals surface area contributed by atoms with Gasteiger partial charge in [0.25, 0.3) is 0 Å². The SMILES string of the molecule is CC.CC.O=C1CC2(CC3(c4ccccc4-c4ccccc43)c3ccccc32)c2ccccc21. The van der Waals surface area contributed by atoms with Crippen LogP contribution in [0, 0.1) is 0 Å². The van der Waals surface area contributed by atoms with Crippen LogP contribution in [0.4, 0.5) is 0 Å². The van der Waals surface area contributed by atoms with Crippen molar-refractivity contribution in [2.75, 3.05) is 0 Å². The van der Waals surface area contributed by atoms with E-state index in [2.05, 4.69) is 84.9 Å². The smallest absolute Gasteiger partial charge is 0.164 e. The van der Waals surface area contributed by atoms with Crippen molar-refractivity contribution >= 4 is 5.78 Å². The Labute approximate surface area is 203 Å². The van der Waals surface area contributed by atoms with Crippen LogP contribution in [-0.2, 0) is 10.8 Å². The third kappa shape index (κ3) is 2.70. The zero-order valence-corrected chi connectivity index (χ0v) is 20.6. The number of fused-ring (bicyclic) bond motifs is 10. The molecule has 2 spiro atoms. The molecule has 0 radical (unpaired) electrons. The van der Waals surface area contributed by atoms with E-state index < -0.39 is 0 Å². The molecule has 0 bridgehead atoms. The number of rotatable bonds is 0. The molecule has 4 aromatic rings. The second kappa shape index (κ2) is 8.40. The highest BCUT2D eigenvalue weighted by atomic mass is 16.1. The minimum absolute atomic E-state index is 0.207. The normalized spacial score (nSPS) is 19.4. The van der Waals surface area contributed by atoms with Crippen molar-refractivity contribution < 1.29 is 4.79 Å². The van der Waals surface area contributed by atoms with Gasteiger partial charge >= 0.3 is 0 Å². The third-order valence-corrected chi connectivity index (χ3v) is 7.74. The Morgan fingerprint density at radius 1 is 0.500 bits per heavy atom. The van der Waals surface area contributed by atoms with E-state index in [9.17, 15) is 4.79 Å². The lowest BCUT2D eigenvalue weighted by molar-refractivity contribution is 0.0978. The van der Waals surface area contributed by atoms with E-state index in [1.807, 2.05) is 39.8 Å². The average molecular weight is 445 g/mol. The molecule has 0 N–H and O–H groups in total. The van der Waals surface area contributed by atoms with Crippen molar-refractivity contribution in [3.63, 3.8) is 0 Å². The molecule has 0 saturated carbocycles. The zero-order chi connectivity index (χ0) is 23.9. The molecule has 1 heteroatoms. The molecule has 3 aliphatic carbocycles. The Morgan fingerprint density at radius 3 is 1.47 bits per heavy atom. The molecule has 4 aromatic carbocycles. The van der Waals surface area contributed by atoms with Crippen molar-refractivity contribution in [1.82, 2.24) is 0 Å². The number of hydrogen-bond acceptors (Lipinski definition) is 1. The van der Waals surface area contributed by atoms with Gasteiger partial charge in [-0.2, -0.15) is 0 Å². The predicted molar refractivity (Wildman–Crippen MR) is 142 cm³/mol. The predicted octanol–water partition coefficient (Wildman–Crippen LogP) is 8.33. The molecule has 0 aromatic heterocycles. The van der Waals surface area contributed by atoms with E-state index in [0.717, 1.165) is 12.0 Å². The minimum Gasteiger partial charge on any atom is -0.294 e. The van der Waals surface area contributed by atoms with Gasteiger partial charge in [0.15, 0.2) is 5.78 Å². The first-order chi connectivity index (χ1) is 16.8. The first-order valence-electron chi connectivity index (χ1n) is 12.7. The van der Waals surface area contributed by atoms with Crippen LogP contribution in [0.3, 0.4) is 0 Å². The van der Waals surface area contributed by atoms with Crippen molar-refractivity contribution in [3.8, 4) is 11.1 Å². The average Bonchev–Trinajstić information content (AvgIpc) is 3.49. The highest BCUT2D eigenvalue weighted by Gasteiger charge is 2.60. The largest absolute Gasteiger partial charge is 0.294 e. The fraction of sp³-hybridized carbons (Fsp3) is 0.242. The highest BCUT2D eigenvalue weighted by Crippen LogP contribution is 2.66. The summed E-state index contributed by atoms with van der Waals surface area (Å²) >= 11 is 0. The Balaban J connectivity index is 0.000000574. The fourth-order valence-corrected chi connectivity index (χ4v) is 6.73. The maximum atomic E-state index is 13.1. The molecule has 7 rings (SSSR count).